The van der Waals surface area contributed by atoms with E-state index >= 15 is 0 Å². The molecular weight excluding hydrogens is 288 g/mol. The van der Waals surface area contributed by atoms with Crippen LogP contribution >= 0.6 is 0 Å². The second-order valence-corrected chi connectivity index (χ2v) is 5.85. The molecule has 0 spiro atoms. The van der Waals surface area contributed by atoms with Crippen LogP contribution in [0.4, 0.5) is 4.79 Å². The van der Waals surface area contributed by atoms with Crippen LogP contribution in [0, 0.1) is 0 Å². The topological polar surface area (TPSA) is 52.6 Å². The van der Waals surface area contributed by atoms with Crippen LogP contribution in [0.25, 0.3) is 0 Å². The molecule has 0 aliphatic heterocycles. The minimum absolute atomic E-state index is 0.00867. The maximum absolute atomic E-state index is 12.7. The molecule has 0 radical (unpaired) electrons. The SMILES string of the molecule is O=C(NC(c1ccccc1)c1ccccc1)N(CCO)C1CC1. The Morgan fingerprint density at radius 1 is 1.04 bits per heavy atom. The van der Waals surface area contributed by atoms with Crippen molar-refractivity contribution in [2.24, 2.45) is 0 Å². The lowest BCUT2D eigenvalue weighted by molar-refractivity contribution is 0.172. The summed E-state index contributed by atoms with van der Waals surface area (Å²) in [7, 11) is 0. The van der Waals surface area contributed by atoms with Crippen LogP contribution < -0.4 is 5.32 Å². The van der Waals surface area contributed by atoms with Crippen LogP contribution in [-0.4, -0.2) is 35.2 Å². The lowest BCUT2D eigenvalue weighted by atomic mass is 9.99. The molecule has 4 nitrogen and oxygen atoms in total. The number of nitrogens with one attached hydrogen (secondary N) is 1. The van der Waals surface area contributed by atoms with Crippen molar-refractivity contribution in [3.63, 3.8) is 0 Å². The lowest BCUT2D eigenvalue weighted by Gasteiger charge is -2.26. The van der Waals surface area contributed by atoms with Gasteiger partial charge in [-0.15, -0.1) is 0 Å². The first kappa shape index (κ1) is 15.6. The Morgan fingerprint density at radius 2 is 1.57 bits per heavy atom. The molecule has 2 amide bonds. The molecule has 3 rings (SSSR count). The second-order valence-electron chi connectivity index (χ2n) is 5.85. The summed E-state index contributed by atoms with van der Waals surface area (Å²) in [5.41, 5.74) is 2.10. The van der Waals surface area contributed by atoms with Gasteiger partial charge in [-0.1, -0.05) is 60.7 Å². The Labute approximate surface area is 136 Å². The highest BCUT2D eigenvalue weighted by Gasteiger charge is 2.33. The zero-order valence-electron chi connectivity index (χ0n) is 13.1. The summed E-state index contributed by atoms with van der Waals surface area (Å²) in [5, 5.41) is 12.3. The molecule has 2 aromatic carbocycles. The predicted molar refractivity (Wildman–Crippen MR) is 90.1 cm³/mol. The lowest BCUT2D eigenvalue weighted by Crippen LogP contribution is -2.44. The van der Waals surface area contributed by atoms with Crippen LogP contribution in [-0.2, 0) is 0 Å². The molecule has 1 saturated carbocycles. The van der Waals surface area contributed by atoms with E-state index in [0.29, 0.717) is 6.54 Å². The molecule has 4 heteroatoms. The fraction of sp³-hybridized carbons (Fsp3) is 0.316. The summed E-state index contributed by atoms with van der Waals surface area (Å²) < 4.78 is 0. The molecule has 0 aromatic heterocycles. The number of carbonyl (C=O) groups is 1. The highest BCUT2D eigenvalue weighted by Crippen LogP contribution is 2.28. The molecule has 23 heavy (non-hydrogen) atoms. The van der Waals surface area contributed by atoms with Gasteiger partial charge in [0, 0.05) is 12.6 Å². The molecular formula is C19H22N2O2. The van der Waals surface area contributed by atoms with Crippen molar-refractivity contribution in [1.29, 1.82) is 0 Å². The van der Waals surface area contributed by atoms with E-state index in [-0.39, 0.29) is 24.7 Å². The van der Waals surface area contributed by atoms with Crippen LogP contribution in [0.15, 0.2) is 60.7 Å². The van der Waals surface area contributed by atoms with Crippen molar-refractivity contribution in [2.45, 2.75) is 24.9 Å². The van der Waals surface area contributed by atoms with Gasteiger partial charge in [0.15, 0.2) is 0 Å². The number of benzene rings is 2. The van der Waals surface area contributed by atoms with E-state index in [2.05, 4.69) is 5.32 Å². The van der Waals surface area contributed by atoms with E-state index in [9.17, 15) is 9.90 Å². The first-order valence-corrected chi connectivity index (χ1v) is 8.07. The summed E-state index contributed by atoms with van der Waals surface area (Å²) in [6.07, 6.45) is 2.05. The Balaban J connectivity index is 1.82. The Hall–Kier alpha value is -2.33. The fourth-order valence-electron chi connectivity index (χ4n) is 2.80. The van der Waals surface area contributed by atoms with Gasteiger partial charge < -0.3 is 15.3 Å². The molecule has 0 bridgehead atoms. The van der Waals surface area contributed by atoms with Gasteiger partial charge in [-0.3, -0.25) is 0 Å². The van der Waals surface area contributed by atoms with E-state index in [1.807, 2.05) is 60.7 Å². The third-order valence-electron chi connectivity index (χ3n) is 4.12. The van der Waals surface area contributed by atoms with Crippen molar-refractivity contribution >= 4 is 6.03 Å². The third-order valence-corrected chi connectivity index (χ3v) is 4.12. The van der Waals surface area contributed by atoms with Gasteiger partial charge >= 0.3 is 6.03 Å². The van der Waals surface area contributed by atoms with Crippen molar-refractivity contribution in [2.75, 3.05) is 13.2 Å². The van der Waals surface area contributed by atoms with E-state index in [1.54, 1.807) is 4.90 Å². The molecule has 2 aromatic rings. The molecule has 120 valence electrons. The van der Waals surface area contributed by atoms with Gasteiger partial charge in [-0.05, 0) is 24.0 Å². The predicted octanol–water partition coefficient (Wildman–Crippen LogP) is 2.94. The molecule has 1 fully saturated rings. The molecule has 1 aliphatic carbocycles. The van der Waals surface area contributed by atoms with Crippen LogP contribution in [0.5, 0.6) is 0 Å². The van der Waals surface area contributed by atoms with Gasteiger partial charge in [0.25, 0.3) is 0 Å². The van der Waals surface area contributed by atoms with Gasteiger partial charge in [-0.25, -0.2) is 4.79 Å². The average Bonchev–Trinajstić information content (AvgIpc) is 3.44. The number of amides is 2. The Bertz CT molecular complexity index is 587. The molecule has 2 N–H and O–H groups in total. The molecule has 1 aliphatic rings. The number of carbonyl (C=O) groups excluding carboxylic acids is 1. The first-order chi connectivity index (χ1) is 11.3. The quantitative estimate of drug-likeness (QED) is 0.862. The minimum Gasteiger partial charge on any atom is -0.395 e. The van der Waals surface area contributed by atoms with Gasteiger partial charge in [0.05, 0.1) is 12.6 Å². The van der Waals surface area contributed by atoms with Crippen LogP contribution in [0.3, 0.4) is 0 Å². The highest BCUT2D eigenvalue weighted by atomic mass is 16.3. The number of hydrogen-bond donors (Lipinski definition) is 2. The number of urea groups is 1. The summed E-state index contributed by atoms with van der Waals surface area (Å²) in [6, 6.07) is 19.9. The number of aliphatic hydroxyl groups excluding tert-OH is 1. The summed E-state index contributed by atoms with van der Waals surface area (Å²) in [4.78, 5) is 14.4. The highest BCUT2D eigenvalue weighted by molar-refractivity contribution is 5.76. The number of rotatable bonds is 6. The Kier molecular flexibility index (Phi) is 4.93. The molecule has 0 saturated heterocycles. The van der Waals surface area contributed by atoms with Crippen molar-refractivity contribution < 1.29 is 9.90 Å². The molecule has 0 atom stereocenters. The average molecular weight is 310 g/mol. The van der Waals surface area contributed by atoms with E-state index in [1.165, 1.54) is 0 Å². The van der Waals surface area contributed by atoms with Gasteiger partial charge in [0.1, 0.15) is 0 Å². The zero-order valence-corrected chi connectivity index (χ0v) is 13.1. The van der Waals surface area contributed by atoms with Crippen molar-refractivity contribution in [3.8, 4) is 0 Å². The van der Waals surface area contributed by atoms with E-state index < -0.39 is 0 Å². The van der Waals surface area contributed by atoms with Gasteiger partial charge in [0.2, 0.25) is 0 Å². The van der Waals surface area contributed by atoms with Crippen LogP contribution in [0.1, 0.15) is 30.0 Å². The maximum Gasteiger partial charge on any atom is 0.318 e. The van der Waals surface area contributed by atoms with E-state index in [4.69, 9.17) is 0 Å². The standard InChI is InChI=1S/C19H22N2O2/c22-14-13-21(17-11-12-17)19(23)20-18(15-7-3-1-4-8-15)16-9-5-2-6-10-16/h1-10,17-18,22H,11-14H2,(H,20,23). The first-order valence-electron chi connectivity index (χ1n) is 8.07. The van der Waals surface area contributed by atoms with Crippen molar-refractivity contribution in [3.05, 3.63) is 71.8 Å². The largest absolute Gasteiger partial charge is 0.395 e. The summed E-state index contributed by atoms with van der Waals surface area (Å²) >= 11 is 0. The number of hydrogen-bond acceptors (Lipinski definition) is 2. The maximum atomic E-state index is 12.7. The van der Waals surface area contributed by atoms with Crippen molar-refractivity contribution in [1.82, 2.24) is 10.2 Å². The van der Waals surface area contributed by atoms with Crippen LogP contribution in [0.2, 0.25) is 0 Å². The monoisotopic (exact) mass is 310 g/mol. The third kappa shape index (κ3) is 3.90. The van der Waals surface area contributed by atoms with Gasteiger partial charge in [-0.2, -0.15) is 0 Å². The smallest absolute Gasteiger partial charge is 0.318 e. The minimum atomic E-state index is -0.190. The fourth-order valence-corrected chi connectivity index (χ4v) is 2.80. The summed E-state index contributed by atoms with van der Waals surface area (Å²) in [5.74, 6) is 0. The Morgan fingerprint density at radius 3 is 2.00 bits per heavy atom. The molecule has 0 heterocycles. The zero-order chi connectivity index (χ0) is 16.1. The normalized spacial score (nSPS) is 13.8. The van der Waals surface area contributed by atoms with E-state index in [0.717, 1.165) is 24.0 Å². The second kappa shape index (κ2) is 7.29. The number of aliphatic hydroxyl groups is 1. The number of nitrogens with zero attached hydrogens (tertiary/aromatic N) is 1. The summed E-state index contributed by atoms with van der Waals surface area (Å²) in [6.45, 7) is 0.373. The molecule has 0 unspecified atom stereocenters.